The second-order valence-corrected chi connectivity index (χ2v) is 6.11. The van der Waals surface area contributed by atoms with Crippen LogP contribution in [0.15, 0.2) is 0 Å². The van der Waals surface area contributed by atoms with Crippen LogP contribution < -0.4 is 27.4 Å². The quantitative estimate of drug-likeness (QED) is 0.142. The summed E-state index contributed by atoms with van der Waals surface area (Å²) in [7, 11) is 0. The predicted molar refractivity (Wildman–Crippen MR) is 94.8 cm³/mol. The Labute approximate surface area is 165 Å². The summed E-state index contributed by atoms with van der Waals surface area (Å²) in [6, 6.07) is -4.36. The molecule has 0 fully saturated rings. The van der Waals surface area contributed by atoms with Gasteiger partial charge in [-0.1, -0.05) is 0 Å². The van der Waals surface area contributed by atoms with Crippen molar-refractivity contribution in [3.63, 3.8) is 0 Å². The molecule has 164 valence electrons. The zero-order valence-corrected chi connectivity index (χ0v) is 15.6. The van der Waals surface area contributed by atoms with E-state index in [1.165, 1.54) is 0 Å². The first-order chi connectivity index (χ1) is 13.3. The average Bonchev–Trinajstić information content (AvgIpc) is 2.59. The lowest BCUT2D eigenvalue weighted by molar-refractivity contribution is -0.144. The van der Waals surface area contributed by atoms with Crippen molar-refractivity contribution in [3.05, 3.63) is 0 Å². The number of primary amides is 1. The lowest BCUT2D eigenvalue weighted by Gasteiger charge is -2.20. The van der Waals surface area contributed by atoms with Crippen molar-refractivity contribution < 1.29 is 44.1 Å². The number of aliphatic hydroxyl groups is 1. The summed E-state index contributed by atoms with van der Waals surface area (Å²) in [6.45, 7) is 0.437. The van der Waals surface area contributed by atoms with Gasteiger partial charge >= 0.3 is 11.9 Å². The Balaban J connectivity index is 4.92. The molecule has 0 bridgehead atoms. The zero-order chi connectivity index (χ0) is 22.7. The molecule has 0 aromatic carbocycles. The van der Waals surface area contributed by atoms with Crippen LogP contribution in [-0.2, 0) is 28.8 Å². The smallest absolute Gasteiger partial charge is 0.328 e. The summed E-state index contributed by atoms with van der Waals surface area (Å²) in [5.41, 5.74) is 10.4. The van der Waals surface area contributed by atoms with Crippen molar-refractivity contribution in [2.24, 2.45) is 11.5 Å². The number of nitrogens with two attached hydrogens (primary N) is 2. The lowest BCUT2D eigenvalue weighted by atomic mass is 10.1. The molecule has 4 amide bonds. The molecule has 0 rings (SSSR count). The van der Waals surface area contributed by atoms with Gasteiger partial charge in [-0.15, -0.1) is 0 Å². The number of hydrogen-bond donors (Lipinski definition) is 8. The van der Waals surface area contributed by atoms with E-state index in [-0.39, 0.29) is 6.42 Å². The van der Waals surface area contributed by atoms with Crippen LogP contribution in [0.25, 0.3) is 0 Å². The van der Waals surface area contributed by atoms with E-state index >= 15 is 0 Å². The van der Waals surface area contributed by atoms with Crippen LogP contribution in [0.4, 0.5) is 0 Å². The number of aliphatic carboxylic acids is 2. The molecule has 0 spiro atoms. The van der Waals surface area contributed by atoms with Crippen LogP contribution in [0.5, 0.6) is 0 Å². The number of aliphatic hydroxyl groups excluding tert-OH is 1. The van der Waals surface area contributed by atoms with Crippen LogP contribution in [-0.4, -0.2) is 81.7 Å². The van der Waals surface area contributed by atoms with E-state index in [4.69, 9.17) is 21.7 Å². The fourth-order valence-electron chi connectivity index (χ4n) is 2.03. The fraction of sp³-hybridized carbons (Fsp3) is 0.600. The maximum Gasteiger partial charge on any atom is 0.328 e. The minimum atomic E-state index is -1.60. The van der Waals surface area contributed by atoms with Gasteiger partial charge in [0.1, 0.15) is 6.04 Å². The molecule has 0 saturated carbocycles. The molecule has 0 saturated heterocycles. The second kappa shape index (κ2) is 12.2. The Hall–Kier alpha value is -3.26. The zero-order valence-electron chi connectivity index (χ0n) is 15.6. The maximum absolute atomic E-state index is 12.2. The van der Waals surface area contributed by atoms with Crippen LogP contribution in [0, 0.1) is 0 Å². The minimum Gasteiger partial charge on any atom is -0.481 e. The van der Waals surface area contributed by atoms with Gasteiger partial charge < -0.3 is 42.7 Å². The van der Waals surface area contributed by atoms with Gasteiger partial charge in [0.25, 0.3) is 0 Å². The van der Waals surface area contributed by atoms with E-state index in [0.717, 1.165) is 6.92 Å². The molecular weight excluding hydrogens is 394 g/mol. The van der Waals surface area contributed by atoms with Crippen molar-refractivity contribution in [1.29, 1.82) is 0 Å². The first-order valence-electron chi connectivity index (χ1n) is 8.39. The summed E-state index contributed by atoms with van der Waals surface area (Å²) in [4.78, 5) is 68.3. The third kappa shape index (κ3) is 10.6. The topological polar surface area (TPSA) is 251 Å². The number of carbonyl (C=O) groups excluding carboxylic acids is 4. The third-order valence-corrected chi connectivity index (χ3v) is 3.53. The number of hydrogen-bond acceptors (Lipinski definition) is 8. The Morgan fingerprint density at radius 2 is 1.59 bits per heavy atom. The van der Waals surface area contributed by atoms with Crippen molar-refractivity contribution in [2.75, 3.05) is 6.54 Å². The van der Waals surface area contributed by atoms with Crippen molar-refractivity contribution >= 4 is 35.6 Å². The molecule has 14 heteroatoms. The number of rotatable bonds is 13. The standard InChI is InChI=1S/C15H25N5O9/c1-6(21)12(15(28)29)20-10(23)5-18-14(27)8(2-3-11(24)25)19-13(26)7(16)4-9(17)22/h6-8,12,21H,2-5,16H2,1H3,(H2,17,22)(H,18,27)(H,19,26)(H,20,23)(H,24,25)(H,28,29). The maximum atomic E-state index is 12.2. The monoisotopic (exact) mass is 419 g/mol. The van der Waals surface area contributed by atoms with E-state index in [9.17, 15) is 33.9 Å². The van der Waals surface area contributed by atoms with Gasteiger partial charge in [-0.05, 0) is 13.3 Å². The molecule has 0 heterocycles. The summed E-state index contributed by atoms with van der Waals surface area (Å²) in [5, 5.41) is 33.2. The molecule has 0 aliphatic heterocycles. The van der Waals surface area contributed by atoms with Gasteiger partial charge in [-0.3, -0.25) is 24.0 Å². The van der Waals surface area contributed by atoms with Gasteiger partial charge in [0.05, 0.1) is 25.1 Å². The van der Waals surface area contributed by atoms with E-state index in [0.29, 0.717) is 0 Å². The van der Waals surface area contributed by atoms with Gasteiger partial charge in [0, 0.05) is 6.42 Å². The fourth-order valence-corrected chi connectivity index (χ4v) is 2.03. The van der Waals surface area contributed by atoms with E-state index < -0.39 is 79.2 Å². The number of amides is 4. The Morgan fingerprint density at radius 1 is 1.00 bits per heavy atom. The highest BCUT2D eigenvalue weighted by Crippen LogP contribution is 2.00. The summed E-state index contributed by atoms with van der Waals surface area (Å²) < 4.78 is 0. The molecule has 14 nitrogen and oxygen atoms in total. The number of nitrogens with one attached hydrogen (secondary N) is 3. The number of carbonyl (C=O) groups is 6. The molecule has 0 aliphatic carbocycles. The molecule has 0 radical (unpaired) electrons. The highest BCUT2D eigenvalue weighted by atomic mass is 16.4. The van der Waals surface area contributed by atoms with Crippen LogP contribution in [0.1, 0.15) is 26.2 Å². The van der Waals surface area contributed by atoms with E-state index in [1.807, 2.05) is 5.32 Å². The highest BCUT2D eigenvalue weighted by Gasteiger charge is 2.27. The third-order valence-electron chi connectivity index (χ3n) is 3.53. The Morgan fingerprint density at radius 3 is 2.03 bits per heavy atom. The summed E-state index contributed by atoms with van der Waals surface area (Å²) in [6.07, 6.45) is -2.75. The average molecular weight is 419 g/mol. The molecule has 4 unspecified atom stereocenters. The summed E-state index contributed by atoms with van der Waals surface area (Å²) >= 11 is 0. The van der Waals surface area contributed by atoms with Gasteiger partial charge in [-0.25, -0.2) is 4.79 Å². The van der Waals surface area contributed by atoms with Crippen molar-refractivity contribution in [3.8, 4) is 0 Å². The number of carboxylic acids is 2. The first-order valence-corrected chi connectivity index (χ1v) is 8.39. The summed E-state index contributed by atoms with van der Waals surface area (Å²) in [5.74, 6) is -6.42. The van der Waals surface area contributed by atoms with Gasteiger partial charge in [0.15, 0.2) is 6.04 Å². The van der Waals surface area contributed by atoms with E-state index in [2.05, 4.69) is 10.6 Å². The van der Waals surface area contributed by atoms with Crippen LogP contribution >= 0.6 is 0 Å². The molecule has 29 heavy (non-hydrogen) atoms. The first kappa shape index (κ1) is 25.7. The highest BCUT2D eigenvalue weighted by molar-refractivity contribution is 5.94. The van der Waals surface area contributed by atoms with Crippen molar-refractivity contribution in [1.82, 2.24) is 16.0 Å². The predicted octanol–water partition coefficient (Wildman–Crippen LogP) is -4.39. The SMILES string of the molecule is CC(O)C(NC(=O)CNC(=O)C(CCC(=O)O)NC(=O)C(N)CC(N)=O)C(=O)O. The lowest BCUT2D eigenvalue weighted by Crippen LogP contribution is -2.54. The number of carboxylic acid groups (broad SMARTS) is 2. The molecular formula is C15H25N5O9. The molecule has 0 aromatic rings. The largest absolute Gasteiger partial charge is 0.481 e. The molecule has 0 aliphatic rings. The second-order valence-electron chi connectivity index (χ2n) is 6.11. The van der Waals surface area contributed by atoms with Crippen LogP contribution in [0.3, 0.4) is 0 Å². The normalized spacial score (nSPS) is 14.6. The Kier molecular flexibility index (Phi) is 10.9. The van der Waals surface area contributed by atoms with Crippen molar-refractivity contribution in [2.45, 2.75) is 50.4 Å². The molecule has 0 aromatic heterocycles. The van der Waals surface area contributed by atoms with E-state index in [1.54, 1.807) is 0 Å². The van der Waals surface area contributed by atoms with Gasteiger partial charge in [0.2, 0.25) is 23.6 Å². The minimum absolute atomic E-state index is 0.344. The van der Waals surface area contributed by atoms with Crippen LogP contribution in [0.2, 0.25) is 0 Å². The Bertz CT molecular complexity index is 652. The van der Waals surface area contributed by atoms with Gasteiger partial charge in [-0.2, -0.15) is 0 Å². The molecule has 4 atom stereocenters. The molecule has 10 N–H and O–H groups in total.